The minimum absolute atomic E-state index is 0. The zero-order valence-corrected chi connectivity index (χ0v) is 14.7. The molecule has 0 aromatic heterocycles. The summed E-state index contributed by atoms with van der Waals surface area (Å²) in [6, 6.07) is 4.86. The largest absolute Gasteiger partial charge is 0.486 e. The molecule has 128 valence electrons. The maximum atomic E-state index is 12.7. The molecule has 0 radical (unpaired) electrons. The van der Waals surface area contributed by atoms with Crippen molar-refractivity contribution in [2.24, 2.45) is 5.92 Å². The first-order valence-corrected chi connectivity index (χ1v) is 9.26. The van der Waals surface area contributed by atoms with E-state index >= 15 is 0 Å². The normalized spacial score (nSPS) is 22.7. The Balaban J connectivity index is 0.00000192. The lowest BCUT2D eigenvalue weighted by Crippen LogP contribution is -2.55. The number of nitrogens with one attached hydrogen (secondary N) is 2. The number of ether oxygens (including phenoxy) is 1. The Labute approximate surface area is 142 Å². The molecule has 1 aromatic rings. The van der Waals surface area contributed by atoms with Gasteiger partial charge in [-0.15, -0.1) is 12.4 Å². The summed E-state index contributed by atoms with van der Waals surface area (Å²) >= 11 is 0. The molecule has 0 bridgehead atoms. The highest BCUT2D eigenvalue weighted by Crippen LogP contribution is 2.42. The number of anilines is 1. The van der Waals surface area contributed by atoms with Gasteiger partial charge in [0.2, 0.25) is 10.0 Å². The van der Waals surface area contributed by atoms with Gasteiger partial charge in [-0.25, -0.2) is 8.42 Å². The van der Waals surface area contributed by atoms with Crippen molar-refractivity contribution in [2.45, 2.75) is 25.4 Å². The monoisotopic (exact) mass is 360 g/mol. The van der Waals surface area contributed by atoms with Gasteiger partial charge in [-0.3, -0.25) is 9.52 Å². The summed E-state index contributed by atoms with van der Waals surface area (Å²) in [5.41, 5.74) is 0.387. The molecular weight excluding hydrogens is 340 g/mol. The van der Waals surface area contributed by atoms with Gasteiger partial charge in [0.1, 0.15) is 11.4 Å². The van der Waals surface area contributed by atoms with E-state index in [1.54, 1.807) is 18.2 Å². The number of carbonyl (C=O) groups excluding carboxylic acids is 1. The minimum atomic E-state index is -3.37. The number of ketones is 1. The molecule has 6 nitrogen and oxygen atoms in total. The topological polar surface area (TPSA) is 84.5 Å². The second-order valence-electron chi connectivity index (χ2n) is 6.09. The maximum absolute atomic E-state index is 12.7. The zero-order valence-electron chi connectivity index (χ0n) is 13.1. The molecule has 0 aliphatic carbocycles. The van der Waals surface area contributed by atoms with E-state index < -0.39 is 15.6 Å². The van der Waals surface area contributed by atoms with E-state index in [4.69, 9.17) is 4.74 Å². The van der Waals surface area contributed by atoms with Gasteiger partial charge in [0, 0.05) is 18.5 Å². The number of fused-ring (bicyclic) bond motifs is 1. The number of Topliss-reactive ketones (excluding diaryl/α,β-unsaturated/α-hetero) is 1. The standard InChI is InChI=1S/C15H20N2O4S.ClH/c1-10-14(18)12-9-11(17-22(2,19)20)3-4-13(12)21-15(10)5-7-16-8-6-15;/h3-4,9-10,16-17H,5-8H2,1-2H3;1H. The van der Waals surface area contributed by atoms with Crippen molar-refractivity contribution in [3.63, 3.8) is 0 Å². The first-order chi connectivity index (χ1) is 10.3. The molecule has 2 heterocycles. The van der Waals surface area contributed by atoms with E-state index in [9.17, 15) is 13.2 Å². The number of piperidine rings is 1. The third kappa shape index (κ3) is 3.46. The molecule has 1 saturated heterocycles. The third-order valence-electron chi connectivity index (χ3n) is 4.49. The second kappa shape index (κ2) is 6.30. The van der Waals surface area contributed by atoms with Gasteiger partial charge >= 0.3 is 0 Å². The molecular formula is C15H21ClN2O4S. The Morgan fingerprint density at radius 3 is 2.57 bits per heavy atom. The summed E-state index contributed by atoms with van der Waals surface area (Å²) in [6.07, 6.45) is 2.67. The van der Waals surface area contributed by atoms with Crippen LogP contribution in [0.3, 0.4) is 0 Å². The lowest BCUT2D eigenvalue weighted by molar-refractivity contribution is -0.0152. The summed E-state index contributed by atoms with van der Waals surface area (Å²) in [5, 5.41) is 3.28. The molecule has 8 heteroatoms. The number of hydrogen-bond acceptors (Lipinski definition) is 5. The Morgan fingerprint density at radius 1 is 1.30 bits per heavy atom. The van der Waals surface area contributed by atoms with Gasteiger partial charge < -0.3 is 10.1 Å². The fourth-order valence-corrected chi connectivity index (χ4v) is 3.81. The van der Waals surface area contributed by atoms with Gasteiger partial charge in [0.25, 0.3) is 0 Å². The fraction of sp³-hybridized carbons (Fsp3) is 0.533. The molecule has 23 heavy (non-hydrogen) atoms. The van der Waals surface area contributed by atoms with Crippen LogP contribution >= 0.6 is 12.4 Å². The van der Waals surface area contributed by atoms with Crippen LogP contribution in [0.4, 0.5) is 5.69 Å². The number of rotatable bonds is 2. The average molecular weight is 361 g/mol. The van der Waals surface area contributed by atoms with E-state index in [2.05, 4.69) is 10.0 Å². The van der Waals surface area contributed by atoms with Crippen LogP contribution < -0.4 is 14.8 Å². The summed E-state index contributed by atoms with van der Waals surface area (Å²) in [6.45, 7) is 3.56. The maximum Gasteiger partial charge on any atom is 0.229 e. The number of carbonyl (C=O) groups is 1. The Bertz CT molecular complexity index is 714. The number of hydrogen-bond donors (Lipinski definition) is 2. The Hall–Kier alpha value is -1.31. The van der Waals surface area contributed by atoms with Crippen LogP contribution in [0.15, 0.2) is 18.2 Å². The molecule has 0 amide bonds. The van der Waals surface area contributed by atoms with Crippen LogP contribution in [0.5, 0.6) is 5.75 Å². The average Bonchev–Trinajstić information content (AvgIpc) is 2.45. The van der Waals surface area contributed by atoms with E-state index in [1.165, 1.54) is 0 Å². The number of sulfonamides is 1. The van der Waals surface area contributed by atoms with E-state index in [1.807, 2.05) is 6.92 Å². The second-order valence-corrected chi connectivity index (χ2v) is 7.84. The summed E-state index contributed by atoms with van der Waals surface area (Å²) in [7, 11) is -3.37. The van der Waals surface area contributed by atoms with Gasteiger partial charge in [0.05, 0.1) is 17.7 Å². The van der Waals surface area contributed by atoms with Crippen LogP contribution in [-0.2, 0) is 10.0 Å². The quantitative estimate of drug-likeness (QED) is 0.840. The molecule has 2 aliphatic heterocycles. The van der Waals surface area contributed by atoms with Crippen molar-refractivity contribution in [2.75, 3.05) is 24.1 Å². The van der Waals surface area contributed by atoms with Gasteiger partial charge in [-0.1, -0.05) is 6.92 Å². The highest BCUT2D eigenvalue weighted by molar-refractivity contribution is 7.92. The molecule has 2 aliphatic rings. The van der Waals surface area contributed by atoms with Crippen LogP contribution in [0.1, 0.15) is 30.1 Å². The fourth-order valence-electron chi connectivity index (χ4n) is 3.25. The van der Waals surface area contributed by atoms with Gasteiger partial charge in [-0.2, -0.15) is 0 Å². The molecule has 1 spiro atoms. The van der Waals surface area contributed by atoms with Crippen LogP contribution in [0.25, 0.3) is 0 Å². The molecule has 1 fully saturated rings. The minimum Gasteiger partial charge on any atom is -0.486 e. The zero-order chi connectivity index (χ0) is 16.0. The molecule has 0 saturated carbocycles. The molecule has 1 atom stereocenters. The lowest BCUT2D eigenvalue weighted by atomic mass is 9.75. The predicted molar refractivity (Wildman–Crippen MR) is 91.1 cm³/mol. The predicted octanol–water partition coefficient (Wildman–Crippen LogP) is 1.81. The summed E-state index contributed by atoms with van der Waals surface area (Å²) in [5.74, 6) is 0.319. The molecule has 1 aromatic carbocycles. The highest BCUT2D eigenvalue weighted by Gasteiger charge is 2.47. The van der Waals surface area contributed by atoms with Gasteiger partial charge in [-0.05, 0) is 31.3 Å². The van der Waals surface area contributed by atoms with Crippen molar-refractivity contribution < 1.29 is 17.9 Å². The van der Waals surface area contributed by atoms with Crippen LogP contribution in [0, 0.1) is 5.92 Å². The van der Waals surface area contributed by atoms with E-state index in [-0.39, 0.29) is 24.1 Å². The number of benzene rings is 1. The van der Waals surface area contributed by atoms with Crippen molar-refractivity contribution in [1.29, 1.82) is 0 Å². The van der Waals surface area contributed by atoms with Crippen molar-refractivity contribution in [1.82, 2.24) is 5.32 Å². The highest BCUT2D eigenvalue weighted by atomic mass is 35.5. The molecule has 1 unspecified atom stereocenters. The SMILES string of the molecule is CC1C(=O)c2cc(NS(C)(=O)=O)ccc2OC12CCNCC2.Cl. The first kappa shape index (κ1) is 18.0. The van der Waals surface area contributed by atoms with Crippen LogP contribution in [-0.4, -0.2) is 39.1 Å². The van der Waals surface area contributed by atoms with Gasteiger partial charge in [0.15, 0.2) is 5.78 Å². The Morgan fingerprint density at radius 2 is 1.96 bits per heavy atom. The summed E-state index contributed by atoms with van der Waals surface area (Å²) in [4.78, 5) is 12.7. The first-order valence-electron chi connectivity index (χ1n) is 7.37. The van der Waals surface area contributed by atoms with Crippen molar-refractivity contribution >= 4 is 33.9 Å². The molecule has 2 N–H and O–H groups in total. The summed E-state index contributed by atoms with van der Waals surface area (Å²) < 4.78 is 31.2. The Kier molecular flexibility index (Phi) is 4.94. The van der Waals surface area contributed by atoms with E-state index in [0.717, 1.165) is 32.2 Å². The van der Waals surface area contributed by atoms with Crippen molar-refractivity contribution in [3.8, 4) is 5.75 Å². The number of halogens is 1. The third-order valence-corrected chi connectivity index (χ3v) is 5.10. The smallest absolute Gasteiger partial charge is 0.229 e. The van der Waals surface area contributed by atoms with Crippen molar-refractivity contribution in [3.05, 3.63) is 23.8 Å². The molecule has 3 rings (SSSR count). The van der Waals surface area contributed by atoms with Crippen LogP contribution in [0.2, 0.25) is 0 Å². The van der Waals surface area contributed by atoms with E-state index in [0.29, 0.717) is 17.0 Å². The lowest BCUT2D eigenvalue weighted by Gasteiger charge is -2.45.